The Morgan fingerprint density at radius 1 is 1.00 bits per heavy atom. The molecule has 0 bridgehead atoms. The van der Waals surface area contributed by atoms with Crippen molar-refractivity contribution in [1.82, 2.24) is 4.90 Å². The maximum atomic E-state index is 13.3. The van der Waals surface area contributed by atoms with Gasteiger partial charge >= 0.3 is 0 Å². The molecule has 1 fully saturated rings. The Bertz CT molecular complexity index is 896. The number of benzene rings is 2. The van der Waals surface area contributed by atoms with Crippen LogP contribution < -0.4 is 4.74 Å². The molecule has 36 heavy (non-hydrogen) atoms. The van der Waals surface area contributed by atoms with Crippen LogP contribution >= 0.6 is 0 Å². The third kappa shape index (κ3) is 9.73. The molecule has 2 aromatic rings. The van der Waals surface area contributed by atoms with Gasteiger partial charge in [0.05, 0.1) is 7.11 Å². The zero-order chi connectivity index (χ0) is 26.3. The summed E-state index contributed by atoms with van der Waals surface area (Å²) >= 11 is 0. The minimum absolute atomic E-state index is 0.259. The zero-order valence-corrected chi connectivity index (χ0v) is 23.9. The molecule has 1 atom stereocenters. The number of nitrogens with zero attached hydrogens (tertiary/aromatic N) is 1. The average molecular weight is 494 g/mol. The van der Waals surface area contributed by atoms with Crippen LogP contribution in [0.2, 0.25) is 0 Å². The second kappa shape index (κ2) is 16.6. The van der Waals surface area contributed by atoms with Gasteiger partial charge in [0.2, 0.25) is 0 Å². The molecule has 3 heteroatoms. The van der Waals surface area contributed by atoms with Gasteiger partial charge in [-0.1, -0.05) is 109 Å². The lowest BCUT2D eigenvalue weighted by Crippen LogP contribution is -2.26. The Kier molecular flexibility index (Phi) is 13.9. The summed E-state index contributed by atoms with van der Waals surface area (Å²) in [5.74, 6) is 2.39. The van der Waals surface area contributed by atoms with Gasteiger partial charge in [-0.2, -0.15) is 0 Å². The molecule has 0 radical (unpaired) electrons. The van der Waals surface area contributed by atoms with Crippen molar-refractivity contribution in [3.63, 3.8) is 0 Å². The number of Topliss-reactive ketones (excluding diaryl/α,β-unsaturated/α-hetero) is 1. The fourth-order valence-electron chi connectivity index (χ4n) is 5.56. The van der Waals surface area contributed by atoms with Gasteiger partial charge in [0.25, 0.3) is 0 Å². The molecule has 0 aromatic heterocycles. The van der Waals surface area contributed by atoms with E-state index in [9.17, 15) is 4.79 Å². The van der Waals surface area contributed by atoms with E-state index in [4.69, 9.17) is 4.74 Å². The van der Waals surface area contributed by atoms with Gasteiger partial charge in [-0.05, 0) is 56.0 Å². The van der Waals surface area contributed by atoms with E-state index in [-0.39, 0.29) is 5.78 Å². The highest BCUT2D eigenvalue weighted by atomic mass is 16.5. The number of hydrogen-bond donors (Lipinski definition) is 0. The third-order valence-corrected chi connectivity index (χ3v) is 7.37. The average Bonchev–Trinajstić information content (AvgIpc) is 2.89. The van der Waals surface area contributed by atoms with Gasteiger partial charge in [-0.3, -0.25) is 4.79 Å². The number of hydrogen-bond acceptors (Lipinski definition) is 3. The highest BCUT2D eigenvalue weighted by Crippen LogP contribution is 2.35. The number of unbranched alkanes of at least 4 members (excludes halogenated alkanes) is 2. The summed E-state index contributed by atoms with van der Waals surface area (Å²) in [4.78, 5) is 15.5. The van der Waals surface area contributed by atoms with Crippen molar-refractivity contribution >= 4 is 5.78 Å². The van der Waals surface area contributed by atoms with E-state index in [0.717, 1.165) is 41.3 Å². The van der Waals surface area contributed by atoms with Crippen LogP contribution in [-0.4, -0.2) is 38.4 Å². The van der Waals surface area contributed by atoms with Crippen molar-refractivity contribution in [2.24, 2.45) is 11.8 Å². The first-order valence-electron chi connectivity index (χ1n) is 14.4. The fourth-order valence-corrected chi connectivity index (χ4v) is 5.56. The summed E-state index contributed by atoms with van der Waals surface area (Å²) < 4.78 is 5.72. The Balaban J connectivity index is 0.000000830. The van der Waals surface area contributed by atoms with Gasteiger partial charge in [0, 0.05) is 24.1 Å². The van der Waals surface area contributed by atoms with Crippen molar-refractivity contribution in [3.05, 3.63) is 53.6 Å². The second-order valence-electron chi connectivity index (χ2n) is 10.8. The molecule has 0 amide bonds. The molecule has 3 nitrogen and oxygen atoms in total. The van der Waals surface area contributed by atoms with E-state index < -0.39 is 0 Å². The minimum Gasteiger partial charge on any atom is -0.496 e. The van der Waals surface area contributed by atoms with E-state index in [1.54, 1.807) is 7.11 Å². The van der Waals surface area contributed by atoms with Crippen LogP contribution in [0.3, 0.4) is 0 Å². The zero-order valence-electron chi connectivity index (χ0n) is 23.9. The van der Waals surface area contributed by atoms with E-state index in [2.05, 4.69) is 64.0 Å². The first-order valence-corrected chi connectivity index (χ1v) is 14.4. The smallest absolute Gasteiger partial charge is 0.163 e. The summed E-state index contributed by atoms with van der Waals surface area (Å²) in [5.41, 5.74) is 4.11. The summed E-state index contributed by atoms with van der Waals surface area (Å²) in [6.45, 7) is 7.54. The normalized spacial score (nSPS) is 14.8. The predicted octanol–water partition coefficient (Wildman–Crippen LogP) is 8.84. The molecule has 0 spiro atoms. The number of para-hydroxylation sites is 1. The lowest BCUT2D eigenvalue weighted by atomic mass is 9.80. The molecule has 0 unspecified atom stereocenters. The summed E-state index contributed by atoms with van der Waals surface area (Å²) in [7, 11) is 5.96. The summed E-state index contributed by atoms with van der Waals surface area (Å²) in [6, 6.07) is 14.4. The Morgan fingerprint density at radius 3 is 2.28 bits per heavy atom. The lowest BCUT2D eigenvalue weighted by molar-refractivity contribution is 0.0940. The number of rotatable bonds is 12. The first-order chi connectivity index (χ1) is 17.4. The number of ketones is 1. The van der Waals surface area contributed by atoms with E-state index in [0.29, 0.717) is 12.3 Å². The van der Waals surface area contributed by atoms with Crippen LogP contribution in [0.4, 0.5) is 0 Å². The molecule has 1 aliphatic carbocycles. The van der Waals surface area contributed by atoms with Crippen LogP contribution in [-0.2, 0) is 6.42 Å². The monoisotopic (exact) mass is 493 g/mol. The predicted molar refractivity (Wildman–Crippen MR) is 155 cm³/mol. The SMILES string of the molecule is CCCCC.CCc1cccc(-c2cccc(C(=O)C[C@H](CC3CCCCC3)CN(C)C)c2)c1OC. The topological polar surface area (TPSA) is 29.5 Å². The van der Waals surface area contributed by atoms with Crippen molar-refractivity contribution < 1.29 is 9.53 Å². The van der Waals surface area contributed by atoms with Crippen LogP contribution in [0, 0.1) is 11.8 Å². The lowest BCUT2D eigenvalue weighted by Gasteiger charge is -2.28. The number of ether oxygens (including phenoxy) is 1. The van der Waals surface area contributed by atoms with Gasteiger partial charge in [0.15, 0.2) is 5.78 Å². The minimum atomic E-state index is 0.259. The highest BCUT2D eigenvalue weighted by Gasteiger charge is 2.23. The molecular formula is C33H51NO2. The van der Waals surface area contributed by atoms with Crippen LogP contribution in [0.5, 0.6) is 5.75 Å². The molecular weight excluding hydrogens is 442 g/mol. The summed E-state index contributed by atoms with van der Waals surface area (Å²) in [5, 5.41) is 0. The molecule has 1 saturated carbocycles. The highest BCUT2D eigenvalue weighted by molar-refractivity contribution is 5.97. The van der Waals surface area contributed by atoms with Crippen LogP contribution in [0.25, 0.3) is 11.1 Å². The quantitative estimate of drug-likeness (QED) is 0.277. The van der Waals surface area contributed by atoms with Crippen molar-refractivity contribution in [3.8, 4) is 16.9 Å². The number of carbonyl (C=O) groups excluding carboxylic acids is 1. The fraction of sp³-hybridized carbons (Fsp3) is 0.606. The van der Waals surface area contributed by atoms with Gasteiger partial charge in [0.1, 0.15) is 5.75 Å². The molecule has 200 valence electrons. The first kappa shape index (κ1) is 30.1. The van der Waals surface area contributed by atoms with Gasteiger partial charge in [-0.15, -0.1) is 0 Å². The molecule has 3 rings (SSSR count). The molecule has 0 saturated heterocycles. The van der Waals surface area contributed by atoms with Crippen LogP contribution in [0.15, 0.2) is 42.5 Å². The van der Waals surface area contributed by atoms with E-state index >= 15 is 0 Å². The number of methoxy groups -OCH3 is 1. The Hall–Kier alpha value is -2.13. The Labute approximate surface area is 221 Å². The molecule has 1 aliphatic rings. The molecule has 0 heterocycles. The number of aryl methyl sites for hydroxylation is 1. The standard InChI is InChI=1S/C28H39NO2.C5H12/c1-5-23-13-10-16-26(28(23)31-4)24-14-9-15-25(19-24)27(30)18-22(20-29(2)3)17-21-11-7-6-8-12-21;1-3-5-4-2/h9-10,13-16,19,21-22H,5-8,11-12,17-18,20H2,1-4H3;3-5H2,1-2H3/t22-;/m0./s1. The maximum absolute atomic E-state index is 13.3. The van der Waals surface area contributed by atoms with Gasteiger partial charge in [-0.25, -0.2) is 0 Å². The molecule has 2 aromatic carbocycles. The molecule has 0 N–H and O–H groups in total. The third-order valence-electron chi connectivity index (χ3n) is 7.37. The number of carbonyl (C=O) groups is 1. The van der Waals surface area contributed by atoms with E-state index in [1.807, 2.05) is 18.2 Å². The van der Waals surface area contributed by atoms with Crippen molar-refractivity contribution in [2.75, 3.05) is 27.7 Å². The largest absolute Gasteiger partial charge is 0.496 e. The second-order valence-corrected chi connectivity index (χ2v) is 10.8. The van der Waals surface area contributed by atoms with Crippen molar-refractivity contribution in [1.29, 1.82) is 0 Å². The van der Waals surface area contributed by atoms with Gasteiger partial charge < -0.3 is 9.64 Å². The summed E-state index contributed by atoms with van der Waals surface area (Å²) in [6.07, 6.45) is 13.6. The maximum Gasteiger partial charge on any atom is 0.163 e. The van der Waals surface area contributed by atoms with Crippen molar-refractivity contribution in [2.45, 2.75) is 91.4 Å². The Morgan fingerprint density at radius 2 is 1.69 bits per heavy atom. The van der Waals surface area contributed by atoms with E-state index in [1.165, 1.54) is 63.4 Å². The molecule has 0 aliphatic heterocycles. The van der Waals surface area contributed by atoms with Crippen LogP contribution in [0.1, 0.15) is 101 Å².